The number of pyridine rings is 1. The summed E-state index contributed by atoms with van der Waals surface area (Å²) in [7, 11) is 0. The van der Waals surface area contributed by atoms with Gasteiger partial charge in [-0.2, -0.15) is 18.3 Å². The topological polar surface area (TPSA) is 30.7 Å². The van der Waals surface area contributed by atoms with Crippen LogP contribution in [-0.4, -0.2) is 14.8 Å². The summed E-state index contributed by atoms with van der Waals surface area (Å²) in [5.41, 5.74) is 1.42. The van der Waals surface area contributed by atoms with Crippen molar-refractivity contribution in [3.05, 3.63) is 65.9 Å². The molecule has 0 N–H and O–H groups in total. The molecule has 2 aromatic heterocycles. The van der Waals surface area contributed by atoms with Crippen molar-refractivity contribution in [1.29, 1.82) is 0 Å². The smallest absolute Gasteiger partial charge is 0.228 e. The second-order valence-corrected chi connectivity index (χ2v) is 5.65. The van der Waals surface area contributed by atoms with Crippen LogP contribution in [0, 0.1) is 6.92 Å². The number of rotatable bonds is 1. The SMILES string of the molecule is Cc1ccc2nc3c(cc2c1)c(C(F)(F)F)nn3-c1ccccc1. The van der Waals surface area contributed by atoms with E-state index in [1.165, 1.54) is 10.7 Å². The van der Waals surface area contributed by atoms with Crippen molar-refractivity contribution in [1.82, 2.24) is 14.8 Å². The van der Waals surface area contributed by atoms with E-state index in [2.05, 4.69) is 10.1 Å². The standard InChI is InChI=1S/C18H12F3N3/c1-11-7-8-15-12(9-11)10-14-16(18(19,20)21)23-24(17(14)22-15)13-5-3-2-4-6-13/h2-10H,1H3. The Kier molecular flexibility index (Phi) is 3.09. The zero-order valence-electron chi connectivity index (χ0n) is 12.7. The Morgan fingerprint density at radius 3 is 2.42 bits per heavy atom. The zero-order chi connectivity index (χ0) is 16.9. The molecule has 2 aromatic carbocycles. The van der Waals surface area contributed by atoms with Gasteiger partial charge in [0.15, 0.2) is 11.3 Å². The summed E-state index contributed by atoms with van der Waals surface area (Å²) in [6, 6.07) is 15.7. The van der Waals surface area contributed by atoms with E-state index in [1.54, 1.807) is 36.4 Å². The predicted octanol–water partition coefficient (Wildman–Crippen LogP) is 4.90. The van der Waals surface area contributed by atoms with Crippen LogP contribution in [0.5, 0.6) is 0 Å². The highest BCUT2D eigenvalue weighted by Crippen LogP contribution is 2.35. The lowest BCUT2D eigenvalue weighted by Gasteiger charge is -2.04. The highest BCUT2D eigenvalue weighted by Gasteiger charge is 2.37. The number of benzene rings is 2. The lowest BCUT2D eigenvalue weighted by atomic mass is 10.1. The average Bonchev–Trinajstić information content (AvgIpc) is 2.92. The molecule has 2 heterocycles. The maximum atomic E-state index is 13.4. The molecule has 0 spiro atoms. The summed E-state index contributed by atoms with van der Waals surface area (Å²) in [5, 5.41) is 4.48. The second kappa shape index (κ2) is 5.06. The molecule has 0 amide bonds. The number of aromatic nitrogens is 3. The summed E-state index contributed by atoms with van der Waals surface area (Å²) in [6.45, 7) is 1.89. The molecule has 0 aliphatic heterocycles. The monoisotopic (exact) mass is 327 g/mol. The van der Waals surface area contributed by atoms with Gasteiger partial charge in [-0.15, -0.1) is 0 Å². The van der Waals surface area contributed by atoms with Crippen molar-refractivity contribution in [2.75, 3.05) is 0 Å². The lowest BCUT2D eigenvalue weighted by molar-refractivity contribution is -0.140. The van der Waals surface area contributed by atoms with E-state index in [1.807, 2.05) is 19.1 Å². The Bertz CT molecular complexity index is 1050. The minimum absolute atomic E-state index is 0.00412. The highest BCUT2D eigenvalue weighted by molar-refractivity contribution is 5.93. The van der Waals surface area contributed by atoms with Crippen molar-refractivity contribution in [2.45, 2.75) is 13.1 Å². The first-order valence-corrected chi connectivity index (χ1v) is 7.36. The van der Waals surface area contributed by atoms with Crippen LogP contribution in [0.2, 0.25) is 0 Å². The molecule has 0 saturated heterocycles. The average molecular weight is 327 g/mol. The Labute approximate surface area is 135 Å². The number of aryl methyl sites for hydroxylation is 1. The van der Waals surface area contributed by atoms with Crippen LogP contribution in [0.3, 0.4) is 0 Å². The Hall–Kier alpha value is -2.89. The van der Waals surface area contributed by atoms with Gasteiger partial charge < -0.3 is 0 Å². The first-order valence-electron chi connectivity index (χ1n) is 7.36. The van der Waals surface area contributed by atoms with Gasteiger partial charge in [-0.1, -0.05) is 29.8 Å². The molecule has 6 heteroatoms. The van der Waals surface area contributed by atoms with Crippen molar-refractivity contribution in [2.24, 2.45) is 0 Å². The van der Waals surface area contributed by atoms with Crippen molar-refractivity contribution < 1.29 is 13.2 Å². The van der Waals surface area contributed by atoms with Crippen LogP contribution in [0.25, 0.3) is 27.6 Å². The summed E-state index contributed by atoms with van der Waals surface area (Å²) in [5.74, 6) is 0. The van der Waals surface area contributed by atoms with Gasteiger partial charge in [0, 0.05) is 5.39 Å². The Morgan fingerprint density at radius 1 is 0.958 bits per heavy atom. The minimum atomic E-state index is -4.54. The molecule has 0 bridgehead atoms. The molecule has 3 nitrogen and oxygen atoms in total. The first-order chi connectivity index (χ1) is 11.4. The van der Waals surface area contributed by atoms with Gasteiger partial charge >= 0.3 is 6.18 Å². The number of fused-ring (bicyclic) bond motifs is 2. The number of alkyl halides is 3. The Morgan fingerprint density at radius 2 is 1.71 bits per heavy atom. The predicted molar refractivity (Wildman–Crippen MR) is 86.1 cm³/mol. The maximum Gasteiger partial charge on any atom is 0.435 e. The van der Waals surface area contributed by atoms with Gasteiger partial charge in [0.2, 0.25) is 0 Å². The van der Waals surface area contributed by atoms with Crippen LogP contribution in [-0.2, 0) is 6.18 Å². The molecule has 0 saturated carbocycles. The van der Waals surface area contributed by atoms with Gasteiger partial charge in [0.05, 0.1) is 16.6 Å². The summed E-state index contributed by atoms with van der Waals surface area (Å²) >= 11 is 0. The molecule has 120 valence electrons. The normalized spacial score (nSPS) is 12.2. The van der Waals surface area contributed by atoms with Gasteiger partial charge in [0.25, 0.3) is 0 Å². The van der Waals surface area contributed by atoms with E-state index in [4.69, 9.17) is 0 Å². The van der Waals surface area contributed by atoms with Crippen LogP contribution in [0.4, 0.5) is 13.2 Å². The van der Waals surface area contributed by atoms with Crippen molar-refractivity contribution in [3.8, 4) is 5.69 Å². The third-order valence-corrected chi connectivity index (χ3v) is 3.88. The number of hydrogen-bond donors (Lipinski definition) is 0. The lowest BCUT2D eigenvalue weighted by Crippen LogP contribution is -2.07. The fourth-order valence-corrected chi connectivity index (χ4v) is 2.78. The largest absolute Gasteiger partial charge is 0.435 e. The number of nitrogens with zero attached hydrogens (tertiary/aromatic N) is 3. The molecule has 24 heavy (non-hydrogen) atoms. The first kappa shape index (κ1) is 14.7. The summed E-state index contributed by atoms with van der Waals surface area (Å²) in [6.07, 6.45) is -4.54. The van der Waals surface area contributed by atoms with Crippen LogP contribution in [0.15, 0.2) is 54.6 Å². The maximum absolute atomic E-state index is 13.4. The number of hydrogen-bond acceptors (Lipinski definition) is 2. The molecule has 0 aliphatic carbocycles. The van der Waals surface area contributed by atoms with E-state index in [-0.39, 0.29) is 11.0 Å². The van der Waals surface area contributed by atoms with E-state index in [0.717, 1.165) is 5.56 Å². The molecule has 0 atom stereocenters. The molecule has 0 aliphatic rings. The second-order valence-electron chi connectivity index (χ2n) is 5.65. The number of halogens is 3. The van der Waals surface area contributed by atoms with Gasteiger partial charge in [-0.05, 0) is 37.3 Å². The molecule has 0 fully saturated rings. The van der Waals surface area contributed by atoms with E-state index in [9.17, 15) is 13.2 Å². The molecule has 4 rings (SSSR count). The van der Waals surface area contributed by atoms with Gasteiger partial charge in [-0.3, -0.25) is 0 Å². The van der Waals surface area contributed by atoms with Gasteiger partial charge in [-0.25, -0.2) is 9.67 Å². The van der Waals surface area contributed by atoms with E-state index in [0.29, 0.717) is 16.6 Å². The zero-order valence-corrected chi connectivity index (χ0v) is 12.7. The van der Waals surface area contributed by atoms with Crippen LogP contribution < -0.4 is 0 Å². The molecular weight excluding hydrogens is 315 g/mol. The molecule has 4 aromatic rings. The van der Waals surface area contributed by atoms with Crippen molar-refractivity contribution >= 4 is 21.9 Å². The fourth-order valence-electron chi connectivity index (χ4n) is 2.78. The molecular formula is C18H12F3N3. The van der Waals surface area contributed by atoms with Crippen LogP contribution in [0.1, 0.15) is 11.3 Å². The molecule has 0 unspecified atom stereocenters. The summed E-state index contributed by atoms with van der Waals surface area (Å²) < 4.78 is 41.5. The van der Waals surface area contributed by atoms with Gasteiger partial charge in [0.1, 0.15) is 0 Å². The van der Waals surface area contributed by atoms with E-state index < -0.39 is 11.9 Å². The Balaban J connectivity index is 2.12. The minimum Gasteiger partial charge on any atom is -0.228 e. The third kappa shape index (κ3) is 2.31. The van der Waals surface area contributed by atoms with E-state index >= 15 is 0 Å². The summed E-state index contributed by atoms with van der Waals surface area (Å²) in [4.78, 5) is 4.43. The molecule has 0 radical (unpaired) electrons. The number of para-hydroxylation sites is 1. The van der Waals surface area contributed by atoms with Crippen LogP contribution >= 0.6 is 0 Å². The highest BCUT2D eigenvalue weighted by atomic mass is 19.4. The fraction of sp³-hybridized carbons (Fsp3) is 0.111. The third-order valence-electron chi connectivity index (χ3n) is 3.88. The quantitative estimate of drug-likeness (QED) is 0.498. The van der Waals surface area contributed by atoms with Crippen molar-refractivity contribution in [3.63, 3.8) is 0 Å².